The van der Waals surface area contributed by atoms with Crippen molar-refractivity contribution in [3.05, 3.63) is 30.3 Å². The summed E-state index contributed by atoms with van der Waals surface area (Å²) in [6.07, 6.45) is 1.09. The third kappa shape index (κ3) is 1.40. The first-order valence-electron chi connectivity index (χ1n) is 5.20. The quantitative estimate of drug-likeness (QED) is 0.734. The zero-order valence-corrected chi connectivity index (χ0v) is 8.90. The highest BCUT2D eigenvalue weighted by molar-refractivity contribution is 5.50. The Bertz CT molecular complexity index is 305. The Balaban J connectivity index is 2.29. The summed E-state index contributed by atoms with van der Waals surface area (Å²) in [5.41, 5.74) is 7.47. The van der Waals surface area contributed by atoms with Gasteiger partial charge in [0.1, 0.15) is 0 Å². The van der Waals surface area contributed by atoms with Crippen molar-refractivity contribution in [1.29, 1.82) is 0 Å². The number of para-hydroxylation sites is 1. The minimum absolute atomic E-state index is 0.0847. The lowest BCUT2D eigenvalue weighted by Crippen LogP contribution is -2.48. The monoisotopic (exact) mass is 190 g/mol. The summed E-state index contributed by atoms with van der Waals surface area (Å²) < 4.78 is 0. The van der Waals surface area contributed by atoms with Crippen LogP contribution in [0.2, 0.25) is 0 Å². The minimum Gasteiger partial charge on any atom is -0.365 e. The second-order valence-electron chi connectivity index (χ2n) is 4.54. The van der Waals surface area contributed by atoms with Gasteiger partial charge in [0.25, 0.3) is 0 Å². The summed E-state index contributed by atoms with van der Waals surface area (Å²) in [6, 6.07) is 10.8. The zero-order valence-electron chi connectivity index (χ0n) is 8.90. The molecule has 0 bridgehead atoms. The molecule has 1 fully saturated rings. The van der Waals surface area contributed by atoms with Crippen molar-refractivity contribution in [1.82, 2.24) is 0 Å². The van der Waals surface area contributed by atoms with E-state index in [1.54, 1.807) is 0 Å². The minimum atomic E-state index is 0.0847. The molecule has 0 amide bonds. The number of hydrogen-bond acceptors (Lipinski definition) is 2. The maximum atomic E-state index is 6.10. The van der Waals surface area contributed by atoms with Crippen molar-refractivity contribution in [2.75, 3.05) is 11.4 Å². The molecule has 76 valence electrons. The third-order valence-electron chi connectivity index (χ3n) is 3.33. The molecule has 1 heterocycles. The predicted octanol–water partition coefficient (Wildman–Crippen LogP) is 2.00. The Kier molecular flexibility index (Phi) is 2.23. The molecule has 1 aromatic carbocycles. The number of anilines is 1. The molecular weight excluding hydrogens is 172 g/mol. The highest BCUT2D eigenvalue weighted by Crippen LogP contribution is 2.32. The average Bonchev–Trinajstić information content (AvgIpc) is 2.44. The van der Waals surface area contributed by atoms with E-state index in [1.807, 2.05) is 6.07 Å². The van der Waals surface area contributed by atoms with Crippen molar-refractivity contribution >= 4 is 5.69 Å². The molecule has 0 aliphatic carbocycles. The standard InChI is InChI=1S/C12H18N2/c1-12(2)11(13)8-9-14(12)10-6-4-3-5-7-10/h3-7,11H,8-9,13H2,1-2H3. The largest absolute Gasteiger partial charge is 0.365 e. The fourth-order valence-corrected chi connectivity index (χ4v) is 2.18. The van der Waals surface area contributed by atoms with E-state index in [0.29, 0.717) is 0 Å². The molecule has 2 N–H and O–H groups in total. The zero-order chi connectivity index (χ0) is 10.2. The van der Waals surface area contributed by atoms with Crippen LogP contribution in [0.15, 0.2) is 30.3 Å². The summed E-state index contributed by atoms with van der Waals surface area (Å²) in [5.74, 6) is 0. The molecule has 2 nitrogen and oxygen atoms in total. The van der Waals surface area contributed by atoms with Crippen LogP contribution in [0.1, 0.15) is 20.3 Å². The van der Waals surface area contributed by atoms with E-state index in [0.717, 1.165) is 13.0 Å². The third-order valence-corrected chi connectivity index (χ3v) is 3.33. The lowest BCUT2D eigenvalue weighted by molar-refractivity contribution is 0.453. The van der Waals surface area contributed by atoms with Crippen molar-refractivity contribution < 1.29 is 0 Å². The summed E-state index contributed by atoms with van der Waals surface area (Å²) in [7, 11) is 0. The molecule has 14 heavy (non-hydrogen) atoms. The van der Waals surface area contributed by atoms with Gasteiger partial charge in [0.15, 0.2) is 0 Å². The highest BCUT2D eigenvalue weighted by Gasteiger charge is 2.38. The van der Waals surface area contributed by atoms with Crippen LogP contribution in [-0.2, 0) is 0 Å². The van der Waals surface area contributed by atoms with E-state index in [-0.39, 0.29) is 11.6 Å². The molecule has 1 saturated heterocycles. The summed E-state index contributed by atoms with van der Waals surface area (Å²) >= 11 is 0. The molecule has 1 aromatic rings. The van der Waals surface area contributed by atoms with E-state index in [1.165, 1.54) is 5.69 Å². The smallest absolute Gasteiger partial charge is 0.0497 e. The maximum absolute atomic E-state index is 6.10. The Morgan fingerprint density at radius 3 is 2.43 bits per heavy atom. The van der Waals surface area contributed by atoms with Crippen molar-refractivity contribution in [2.45, 2.75) is 31.8 Å². The first-order valence-corrected chi connectivity index (χ1v) is 5.20. The van der Waals surface area contributed by atoms with Crippen LogP contribution in [0.3, 0.4) is 0 Å². The lowest BCUT2D eigenvalue weighted by Gasteiger charge is -2.36. The molecule has 2 rings (SSSR count). The van der Waals surface area contributed by atoms with E-state index in [4.69, 9.17) is 5.73 Å². The van der Waals surface area contributed by atoms with Gasteiger partial charge in [-0.2, -0.15) is 0 Å². The van der Waals surface area contributed by atoms with Crippen LogP contribution in [0.5, 0.6) is 0 Å². The number of hydrogen-bond donors (Lipinski definition) is 1. The molecular formula is C12H18N2. The van der Waals surface area contributed by atoms with Crippen LogP contribution >= 0.6 is 0 Å². The first kappa shape index (κ1) is 9.53. The van der Waals surface area contributed by atoms with Gasteiger partial charge in [0.2, 0.25) is 0 Å². The van der Waals surface area contributed by atoms with Gasteiger partial charge in [0, 0.05) is 23.8 Å². The van der Waals surface area contributed by atoms with E-state index in [9.17, 15) is 0 Å². The van der Waals surface area contributed by atoms with Gasteiger partial charge in [0.05, 0.1) is 0 Å². The molecule has 0 saturated carbocycles. The van der Waals surface area contributed by atoms with Gasteiger partial charge in [-0.15, -0.1) is 0 Å². The van der Waals surface area contributed by atoms with Gasteiger partial charge >= 0.3 is 0 Å². The van der Waals surface area contributed by atoms with Gasteiger partial charge < -0.3 is 10.6 Å². The summed E-state index contributed by atoms with van der Waals surface area (Å²) in [6.45, 7) is 5.51. The fraction of sp³-hybridized carbons (Fsp3) is 0.500. The first-order chi connectivity index (χ1) is 6.62. The van der Waals surface area contributed by atoms with Crippen LogP contribution in [0.25, 0.3) is 0 Å². The fourth-order valence-electron chi connectivity index (χ4n) is 2.18. The SMILES string of the molecule is CC1(C)C(N)CCN1c1ccccc1. The van der Waals surface area contributed by atoms with Crippen LogP contribution in [0, 0.1) is 0 Å². The molecule has 1 aliphatic rings. The van der Waals surface area contributed by atoms with E-state index >= 15 is 0 Å². The molecule has 1 atom stereocenters. The van der Waals surface area contributed by atoms with Crippen molar-refractivity contribution in [3.63, 3.8) is 0 Å². The highest BCUT2D eigenvalue weighted by atomic mass is 15.2. The number of benzene rings is 1. The Hall–Kier alpha value is -1.02. The molecule has 0 spiro atoms. The molecule has 1 aliphatic heterocycles. The number of rotatable bonds is 1. The average molecular weight is 190 g/mol. The maximum Gasteiger partial charge on any atom is 0.0497 e. The van der Waals surface area contributed by atoms with Crippen molar-refractivity contribution in [2.24, 2.45) is 5.73 Å². The second kappa shape index (κ2) is 3.28. The normalized spacial score (nSPS) is 25.4. The molecule has 1 unspecified atom stereocenters. The van der Waals surface area contributed by atoms with Crippen LogP contribution in [-0.4, -0.2) is 18.1 Å². The number of nitrogens with zero attached hydrogens (tertiary/aromatic N) is 1. The summed E-state index contributed by atoms with van der Waals surface area (Å²) in [5, 5.41) is 0. The van der Waals surface area contributed by atoms with Crippen LogP contribution in [0.4, 0.5) is 5.69 Å². The van der Waals surface area contributed by atoms with Gasteiger partial charge in [-0.1, -0.05) is 18.2 Å². The Morgan fingerprint density at radius 2 is 1.93 bits per heavy atom. The predicted molar refractivity (Wildman–Crippen MR) is 60.5 cm³/mol. The van der Waals surface area contributed by atoms with Crippen LogP contribution < -0.4 is 10.6 Å². The van der Waals surface area contributed by atoms with E-state index < -0.39 is 0 Å². The molecule has 2 heteroatoms. The van der Waals surface area contributed by atoms with Crippen molar-refractivity contribution in [3.8, 4) is 0 Å². The van der Waals surface area contributed by atoms with Gasteiger partial charge in [-0.05, 0) is 32.4 Å². The van der Waals surface area contributed by atoms with Gasteiger partial charge in [-0.3, -0.25) is 0 Å². The topological polar surface area (TPSA) is 29.3 Å². The summed E-state index contributed by atoms with van der Waals surface area (Å²) in [4.78, 5) is 2.40. The second-order valence-corrected chi connectivity index (χ2v) is 4.54. The van der Waals surface area contributed by atoms with E-state index in [2.05, 4.69) is 43.0 Å². The Morgan fingerprint density at radius 1 is 1.29 bits per heavy atom. The Labute approximate surface area is 85.7 Å². The van der Waals surface area contributed by atoms with Gasteiger partial charge in [-0.25, -0.2) is 0 Å². The molecule has 0 aromatic heterocycles. The molecule has 0 radical (unpaired) electrons. The lowest BCUT2D eigenvalue weighted by atomic mass is 9.96. The number of nitrogens with two attached hydrogens (primary N) is 1.